The van der Waals surface area contributed by atoms with Gasteiger partial charge in [-0.25, -0.2) is 4.98 Å². The molecular formula is C27H21Cl2N7O. The van der Waals surface area contributed by atoms with Crippen LogP contribution in [0.15, 0.2) is 85.3 Å². The van der Waals surface area contributed by atoms with Crippen LogP contribution in [0.4, 0.5) is 0 Å². The van der Waals surface area contributed by atoms with Gasteiger partial charge in [-0.05, 0) is 75.1 Å². The molecule has 8 nitrogen and oxygen atoms in total. The molecule has 6 aromatic rings. The lowest BCUT2D eigenvalue weighted by molar-refractivity contribution is 0.0404. The first kappa shape index (κ1) is 23.6. The number of fused-ring (bicyclic) bond motifs is 3. The topological polar surface area (TPSA) is 82.2 Å². The number of pyridine rings is 1. The van der Waals surface area contributed by atoms with Gasteiger partial charge in [0.1, 0.15) is 5.54 Å². The highest BCUT2D eigenvalue weighted by molar-refractivity contribution is 6.31. The molecule has 3 heterocycles. The van der Waals surface area contributed by atoms with Crippen molar-refractivity contribution in [3.05, 3.63) is 112 Å². The molecule has 10 heteroatoms. The fourth-order valence-electron chi connectivity index (χ4n) is 4.93. The van der Waals surface area contributed by atoms with Crippen LogP contribution in [0.25, 0.3) is 27.7 Å². The van der Waals surface area contributed by atoms with Crippen LogP contribution in [-0.2, 0) is 17.4 Å². The largest absolute Gasteiger partial charge is 0.335 e. The van der Waals surface area contributed by atoms with Gasteiger partial charge in [0.25, 0.3) is 0 Å². The summed E-state index contributed by atoms with van der Waals surface area (Å²) in [5, 5.41) is 14.5. The van der Waals surface area contributed by atoms with Gasteiger partial charge in [0, 0.05) is 22.5 Å². The number of benzene rings is 3. The van der Waals surface area contributed by atoms with E-state index in [9.17, 15) is 0 Å². The van der Waals surface area contributed by atoms with E-state index in [1.54, 1.807) is 18.0 Å². The Morgan fingerprint density at radius 1 is 0.919 bits per heavy atom. The van der Waals surface area contributed by atoms with E-state index < -0.39 is 5.54 Å². The monoisotopic (exact) mass is 529 g/mol. The minimum Gasteiger partial charge on any atom is -0.335 e. The summed E-state index contributed by atoms with van der Waals surface area (Å²) in [6.45, 7) is 0. The van der Waals surface area contributed by atoms with Crippen molar-refractivity contribution in [3.8, 4) is 11.1 Å². The van der Waals surface area contributed by atoms with Crippen LogP contribution in [-0.4, -0.2) is 36.7 Å². The van der Waals surface area contributed by atoms with E-state index in [4.69, 9.17) is 28.0 Å². The molecule has 0 radical (unpaired) electrons. The lowest BCUT2D eigenvalue weighted by Gasteiger charge is -2.35. The van der Waals surface area contributed by atoms with Gasteiger partial charge in [0.2, 0.25) is 0 Å². The average molecular weight is 530 g/mol. The lowest BCUT2D eigenvalue weighted by Crippen LogP contribution is -2.45. The third-order valence-electron chi connectivity index (χ3n) is 6.58. The molecule has 0 fully saturated rings. The van der Waals surface area contributed by atoms with E-state index in [1.807, 2.05) is 84.5 Å². The summed E-state index contributed by atoms with van der Waals surface area (Å²) in [5.41, 5.74) is 8.50. The second-order valence-electron chi connectivity index (χ2n) is 8.70. The molecule has 0 saturated heterocycles. The molecular weight excluding hydrogens is 509 g/mol. The average Bonchev–Trinajstić information content (AvgIpc) is 3.56. The molecule has 0 aliphatic rings. The standard InChI is InChI=1S/C27H21Cl2N7O/c1-35-16-30-15-25(35)27(32-37-2,18-6-9-20(28)10-7-18)19-8-11-24-23(13-19)22(14-26-31-33-34-36(24)26)17-4-3-5-21(29)12-17/h3-16,32H,1-2H3. The van der Waals surface area contributed by atoms with Crippen molar-refractivity contribution in [2.75, 3.05) is 7.11 Å². The van der Waals surface area contributed by atoms with E-state index in [1.165, 1.54) is 0 Å². The summed E-state index contributed by atoms with van der Waals surface area (Å²) in [6, 6.07) is 23.6. The number of hydrogen-bond donors (Lipinski definition) is 1. The number of nitrogens with one attached hydrogen (secondary N) is 1. The minimum atomic E-state index is -0.917. The Balaban J connectivity index is 1.71. The Hall–Kier alpha value is -3.82. The molecule has 6 rings (SSSR count). The van der Waals surface area contributed by atoms with Gasteiger partial charge in [0.15, 0.2) is 5.65 Å². The predicted octanol–water partition coefficient (Wildman–Crippen LogP) is 5.43. The fraction of sp³-hybridized carbons (Fsp3) is 0.111. The van der Waals surface area contributed by atoms with Crippen molar-refractivity contribution < 1.29 is 4.84 Å². The highest BCUT2D eigenvalue weighted by atomic mass is 35.5. The zero-order valence-electron chi connectivity index (χ0n) is 19.9. The molecule has 0 spiro atoms. The number of tetrazole rings is 1. The van der Waals surface area contributed by atoms with Gasteiger partial charge in [-0.2, -0.15) is 10.00 Å². The summed E-state index contributed by atoms with van der Waals surface area (Å²) >= 11 is 12.6. The van der Waals surface area contributed by atoms with Gasteiger partial charge in [-0.1, -0.05) is 53.5 Å². The van der Waals surface area contributed by atoms with Crippen molar-refractivity contribution in [1.82, 2.24) is 35.1 Å². The molecule has 1 N–H and O–H groups in total. The number of halogens is 2. The van der Waals surface area contributed by atoms with Gasteiger partial charge >= 0.3 is 0 Å². The first-order valence-corrected chi connectivity index (χ1v) is 12.2. The lowest BCUT2D eigenvalue weighted by atomic mass is 9.80. The van der Waals surface area contributed by atoms with Crippen molar-refractivity contribution in [2.45, 2.75) is 5.54 Å². The molecule has 0 aliphatic carbocycles. The first-order chi connectivity index (χ1) is 18.0. The van der Waals surface area contributed by atoms with Gasteiger partial charge in [0.05, 0.1) is 30.8 Å². The highest BCUT2D eigenvalue weighted by Gasteiger charge is 2.39. The van der Waals surface area contributed by atoms with Crippen LogP contribution in [0.5, 0.6) is 0 Å². The van der Waals surface area contributed by atoms with Crippen molar-refractivity contribution in [2.24, 2.45) is 7.05 Å². The smallest absolute Gasteiger partial charge is 0.180 e. The first-order valence-electron chi connectivity index (χ1n) is 11.5. The summed E-state index contributed by atoms with van der Waals surface area (Å²) in [4.78, 5) is 10.1. The van der Waals surface area contributed by atoms with Crippen LogP contribution in [0.1, 0.15) is 16.8 Å². The highest BCUT2D eigenvalue weighted by Crippen LogP contribution is 2.40. The molecule has 37 heavy (non-hydrogen) atoms. The van der Waals surface area contributed by atoms with E-state index in [0.29, 0.717) is 15.7 Å². The number of nitrogens with zero attached hydrogens (tertiary/aromatic N) is 6. The Bertz CT molecular complexity index is 1750. The molecule has 0 amide bonds. The van der Waals surface area contributed by atoms with E-state index in [-0.39, 0.29) is 0 Å². The summed E-state index contributed by atoms with van der Waals surface area (Å²) < 4.78 is 3.69. The van der Waals surface area contributed by atoms with Crippen LogP contribution < -0.4 is 5.48 Å². The molecule has 184 valence electrons. The fourth-order valence-corrected chi connectivity index (χ4v) is 5.25. The molecule has 0 saturated carbocycles. The Morgan fingerprint density at radius 2 is 1.73 bits per heavy atom. The molecule has 0 bridgehead atoms. The van der Waals surface area contributed by atoms with Crippen LogP contribution in [0.2, 0.25) is 10.0 Å². The van der Waals surface area contributed by atoms with Crippen LogP contribution >= 0.6 is 23.2 Å². The van der Waals surface area contributed by atoms with Crippen LogP contribution in [0, 0.1) is 0 Å². The third kappa shape index (κ3) is 3.86. The SMILES string of the molecule is CONC(c1ccc(Cl)cc1)(c1ccc2c(c1)c(-c1cccc(Cl)c1)cc1nnnn12)c1cncn1C. The molecule has 0 aliphatic heterocycles. The Morgan fingerprint density at radius 3 is 2.46 bits per heavy atom. The summed E-state index contributed by atoms with van der Waals surface area (Å²) in [6.07, 6.45) is 3.59. The van der Waals surface area contributed by atoms with Gasteiger partial charge in [-0.15, -0.1) is 5.10 Å². The molecule has 3 aromatic carbocycles. The normalized spacial score (nSPS) is 13.3. The minimum absolute atomic E-state index is 0.640. The summed E-state index contributed by atoms with van der Waals surface area (Å²) in [5.74, 6) is 0. The van der Waals surface area contributed by atoms with Crippen molar-refractivity contribution in [1.29, 1.82) is 0 Å². The molecule has 3 aromatic heterocycles. The van der Waals surface area contributed by atoms with Crippen molar-refractivity contribution in [3.63, 3.8) is 0 Å². The zero-order chi connectivity index (χ0) is 25.6. The second-order valence-corrected chi connectivity index (χ2v) is 9.57. The number of aryl methyl sites for hydroxylation is 1. The maximum atomic E-state index is 6.37. The van der Waals surface area contributed by atoms with Crippen LogP contribution in [0.3, 0.4) is 0 Å². The maximum Gasteiger partial charge on any atom is 0.180 e. The second kappa shape index (κ2) is 9.24. The van der Waals surface area contributed by atoms with Crippen molar-refractivity contribution >= 4 is 39.8 Å². The zero-order valence-corrected chi connectivity index (χ0v) is 21.4. The maximum absolute atomic E-state index is 6.37. The van der Waals surface area contributed by atoms with E-state index in [2.05, 4.69) is 32.1 Å². The van der Waals surface area contributed by atoms with Gasteiger partial charge in [-0.3, -0.25) is 0 Å². The number of aromatic nitrogens is 6. The summed E-state index contributed by atoms with van der Waals surface area (Å²) in [7, 11) is 3.55. The van der Waals surface area contributed by atoms with Gasteiger partial charge < -0.3 is 9.40 Å². The quantitative estimate of drug-likeness (QED) is 0.290. The van der Waals surface area contributed by atoms with E-state index in [0.717, 1.165) is 38.9 Å². The number of rotatable bonds is 6. The Kier molecular flexibility index (Phi) is 5.89. The third-order valence-corrected chi connectivity index (χ3v) is 7.07. The number of hydroxylamine groups is 1. The predicted molar refractivity (Wildman–Crippen MR) is 143 cm³/mol. The molecule has 1 atom stereocenters. The number of hydrogen-bond acceptors (Lipinski definition) is 6. The number of imidazole rings is 1. The molecule has 1 unspecified atom stereocenters. The van der Waals surface area contributed by atoms with E-state index >= 15 is 0 Å². The Labute approximate surface area is 222 Å².